The number of aryl methyl sites for hydroxylation is 1. The molecular weight excluding hydrogens is 146 g/mol. The van der Waals surface area contributed by atoms with Gasteiger partial charge in [0.2, 0.25) is 5.43 Å². The van der Waals surface area contributed by atoms with E-state index in [1.807, 2.05) is 0 Å². The lowest BCUT2D eigenvalue weighted by molar-refractivity contribution is 0.0992. The van der Waals surface area contributed by atoms with Crippen molar-refractivity contribution in [3.8, 4) is 0 Å². The molecular formula is C6H7N3O2. The van der Waals surface area contributed by atoms with Gasteiger partial charge in [-0.1, -0.05) is 0 Å². The van der Waals surface area contributed by atoms with Gasteiger partial charge in [0.1, 0.15) is 0 Å². The van der Waals surface area contributed by atoms with Gasteiger partial charge in [-0.05, 0) is 0 Å². The van der Waals surface area contributed by atoms with Crippen LogP contribution in [0.2, 0.25) is 0 Å². The number of carbonyl (C=O) groups is 1. The third-order valence-electron chi connectivity index (χ3n) is 1.17. The van der Waals surface area contributed by atoms with Gasteiger partial charge in [0.25, 0.3) is 5.91 Å². The number of amides is 1. The van der Waals surface area contributed by atoms with Gasteiger partial charge in [-0.15, -0.1) is 0 Å². The molecule has 0 aliphatic rings. The second-order valence-corrected chi connectivity index (χ2v) is 2.07. The molecule has 0 aromatic carbocycles. The van der Waals surface area contributed by atoms with E-state index in [0.29, 0.717) is 0 Å². The second-order valence-electron chi connectivity index (χ2n) is 2.07. The number of nitrogens with zero attached hydrogens (tertiary/aromatic N) is 2. The van der Waals surface area contributed by atoms with Gasteiger partial charge in [0.05, 0.1) is 0 Å². The highest BCUT2D eigenvalue weighted by Crippen LogP contribution is 1.80. The van der Waals surface area contributed by atoms with Crippen molar-refractivity contribution >= 4 is 5.91 Å². The monoisotopic (exact) mass is 153 g/mol. The topological polar surface area (TPSA) is 78.0 Å². The van der Waals surface area contributed by atoms with Gasteiger partial charge >= 0.3 is 0 Å². The summed E-state index contributed by atoms with van der Waals surface area (Å²) in [5.41, 5.74) is 4.19. The van der Waals surface area contributed by atoms with E-state index in [0.717, 1.165) is 0 Å². The summed E-state index contributed by atoms with van der Waals surface area (Å²) in [4.78, 5) is 21.4. The van der Waals surface area contributed by atoms with Crippen LogP contribution in [-0.4, -0.2) is 15.7 Å². The standard InChI is InChI=1S/C6H7N3O2/c1-9-3-2-4(10)5(8-9)6(7)11/h2-3H,1H3,(H2,7,11). The number of carbonyl (C=O) groups excluding carboxylic acids is 1. The van der Waals surface area contributed by atoms with Gasteiger partial charge in [0, 0.05) is 19.3 Å². The summed E-state index contributed by atoms with van der Waals surface area (Å²) < 4.78 is 1.35. The summed E-state index contributed by atoms with van der Waals surface area (Å²) in [5.74, 6) is -0.800. The number of hydrogen-bond acceptors (Lipinski definition) is 3. The van der Waals surface area contributed by atoms with Crippen molar-refractivity contribution in [1.82, 2.24) is 9.78 Å². The Labute approximate surface area is 62.4 Å². The number of hydrogen-bond donors (Lipinski definition) is 1. The van der Waals surface area contributed by atoms with Crippen LogP contribution in [0.25, 0.3) is 0 Å². The second kappa shape index (κ2) is 2.53. The first-order chi connectivity index (χ1) is 5.11. The Morgan fingerprint density at radius 3 is 2.82 bits per heavy atom. The molecule has 1 rings (SSSR count). The largest absolute Gasteiger partial charge is 0.364 e. The third kappa shape index (κ3) is 1.43. The predicted molar refractivity (Wildman–Crippen MR) is 38.0 cm³/mol. The summed E-state index contributed by atoms with van der Waals surface area (Å²) >= 11 is 0. The van der Waals surface area contributed by atoms with E-state index in [4.69, 9.17) is 5.73 Å². The molecule has 2 N–H and O–H groups in total. The molecule has 0 aliphatic carbocycles. The van der Waals surface area contributed by atoms with Crippen LogP contribution in [0.4, 0.5) is 0 Å². The lowest BCUT2D eigenvalue weighted by Gasteiger charge is -1.96. The van der Waals surface area contributed by atoms with Gasteiger partial charge < -0.3 is 5.73 Å². The molecule has 0 radical (unpaired) electrons. The molecule has 0 aliphatic heterocycles. The van der Waals surface area contributed by atoms with E-state index in [9.17, 15) is 9.59 Å². The number of aromatic nitrogens is 2. The summed E-state index contributed by atoms with van der Waals surface area (Å²) in [6.45, 7) is 0. The summed E-state index contributed by atoms with van der Waals surface area (Å²) in [6, 6.07) is 1.24. The Morgan fingerprint density at radius 2 is 2.36 bits per heavy atom. The molecule has 58 valence electrons. The average Bonchev–Trinajstić information content (AvgIpc) is 1.94. The summed E-state index contributed by atoms with van der Waals surface area (Å²) in [7, 11) is 1.60. The normalized spacial score (nSPS) is 9.55. The molecule has 11 heavy (non-hydrogen) atoms. The number of primary amides is 1. The van der Waals surface area contributed by atoms with Gasteiger partial charge in [-0.25, -0.2) is 0 Å². The van der Waals surface area contributed by atoms with Crippen LogP contribution in [0.5, 0.6) is 0 Å². The molecule has 0 saturated heterocycles. The van der Waals surface area contributed by atoms with Crippen molar-refractivity contribution in [1.29, 1.82) is 0 Å². The minimum Gasteiger partial charge on any atom is -0.364 e. The highest BCUT2D eigenvalue weighted by molar-refractivity contribution is 5.90. The zero-order valence-corrected chi connectivity index (χ0v) is 5.94. The van der Waals surface area contributed by atoms with Crippen molar-refractivity contribution in [3.63, 3.8) is 0 Å². The van der Waals surface area contributed by atoms with E-state index in [2.05, 4.69) is 5.10 Å². The van der Waals surface area contributed by atoms with Crippen molar-refractivity contribution in [2.75, 3.05) is 0 Å². The highest BCUT2D eigenvalue weighted by atomic mass is 16.2. The van der Waals surface area contributed by atoms with E-state index in [-0.39, 0.29) is 5.69 Å². The van der Waals surface area contributed by atoms with Crippen LogP contribution in [-0.2, 0) is 7.05 Å². The lowest BCUT2D eigenvalue weighted by Crippen LogP contribution is -2.25. The Balaban J connectivity index is 3.35. The molecule has 1 heterocycles. The van der Waals surface area contributed by atoms with Crippen LogP contribution in [0, 0.1) is 0 Å². The van der Waals surface area contributed by atoms with Crippen LogP contribution >= 0.6 is 0 Å². The molecule has 0 unspecified atom stereocenters. The number of rotatable bonds is 1. The van der Waals surface area contributed by atoms with Crippen molar-refractivity contribution in [3.05, 3.63) is 28.2 Å². The highest BCUT2D eigenvalue weighted by Gasteiger charge is 2.06. The smallest absolute Gasteiger partial charge is 0.273 e. The first kappa shape index (κ1) is 7.46. The molecule has 1 aromatic heterocycles. The van der Waals surface area contributed by atoms with E-state index < -0.39 is 11.3 Å². The minimum atomic E-state index is -0.800. The zero-order valence-electron chi connectivity index (χ0n) is 5.94. The average molecular weight is 153 g/mol. The maximum absolute atomic E-state index is 10.8. The summed E-state index contributed by atoms with van der Waals surface area (Å²) in [5, 5.41) is 3.60. The molecule has 0 spiro atoms. The van der Waals surface area contributed by atoms with Gasteiger partial charge in [0.15, 0.2) is 5.69 Å². The third-order valence-corrected chi connectivity index (χ3v) is 1.17. The lowest BCUT2D eigenvalue weighted by atomic mass is 10.4. The van der Waals surface area contributed by atoms with Crippen molar-refractivity contribution < 1.29 is 4.79 Å². The molecule has 5 nitrogen and oxygen atoms in total. The first-order valence-electron chi connectivity index (χ1n) is 2.95. The van der Waals surface area contributed by atoms with Crippen molar-refractivity contribution in [2.24, 2.45) is 12.8 Å². The molecule has 1 aromatic rings. The van der Waals surface area contributed by atoms with E-state index in [1.165, 1.54) is 16.9 Å². The van der Waals surface area contributed by atoms with Gasteiger partial charge in [-0.3, -0.25) is 14.3 Å². The Kier molecular flexibility index (Phi) is 1.72. The van der Waals surface area contributed by atoms with Crippen LogP contribution in [0.3, 0.4) is 0 Å². The number of nitrogens with two attached hydrogens (primary N) is 1. The van der Waals surface area contributed by atoms with Crippen LogP contribution in [0.15, 0.2) is 17.1 Å². The maximum atomic E-state index is 10.8. The predicted octanol–water partition coefficient (Wildman–Crippen LogP) is -1.12. The quantitative estimate of drug-likeness (QED) is 0.555. The van der Waals surface area contributed by atoms with Crippen LogP contribution in [0.1, 0.15) is 10.5 Å². The fourth-order valence-corrected chi connectivity index (χ4v) is 0.666. The Morgan fingerprint density at radius 1 is 1.73 bits per heavy atom. The molecule has 0 saturated carbocycles. The summed E-state index contributed by atoms with van der Waals surface area (Å²) in [6.07, 6.45) is 1.45. The molecule has 0 bridgehead atoms. The molecule has 1 amide bonds. The fourth-order valence-electron chi connectivity index (χ4n) is 0.666. The molecule has 5 heteroatoms. The van der Waals surface area contributed by atoms with Gasteiger partial charge in [-0.2, -0.15) is 5.10 Å². The minimum absolute atomic E-state index is 0.227. The SMILES string of the molecule is Cn1ccc(=O)c(C(N)=O)n1. The molecule has 0 fully saturated rings. The first-order valence-corrected chi connectivity index (χ1v) is 2.95. The van der Waals surface area contributed by atoms with E-state index in [1.54, 1.807) is 7.05 Å². The molecule has 0 atom stereocenters. The van der Waals surface area contributed by atoms with E-state index >= 15 is 0 Å². The maximum Gasteiger partial charge on any atom is 0.273 e. The van der Waals surface area contributed by atoms with Crippen molar-refractivity contribution in [2.45, 2.75) is 0 Å². The fraction of sp³-hybridized carbons (Fsp3) is 0.167. The Hall–Kier alpha value is -1.65. The Bertz CT molecular complexity index is 342. The zero-order chi connectivity index (χ0) is 8.43. The van der Waals surface area contributed by atoms with Crippen LogP contribution < -0.4 is 11.2 Å².